The number of anilines is 1. The van der Waals surface area contributed by atoms with Crippen molar-refractivity contribution in [1.82, 2.24) is 0 Å². The molecule has 1 N–H and O–H groups in total. The molecule has 0 radical (unpaired) electrons. The highest BCUT2D eigenvalue weighted by molar-refractivity contribution is 8.01. The minimum atomic E-state index is -0.953. The Morgan fingerprint density at radius 3 is 2.52 bits per heavy atom. The van der Waals surface area contributed by atoms with Crippen molar-refractivity contribution in [3.05, 3.63) is 106 Å². The first-order valence-corrected chi connectivity index (χ1v) is 11.0. The van der Waals surface area contributed by atoms with Gasteiger partial charge in [0.05, 0.1) is 16.4 Å². The fraction of sp³-hybridized carbons (Fsp3) is 0.154. The van der Waals surface area contributed by atoms with E-state index in [0.717, 1.165) is 21.5 Å². The van der Waals surface area contributed by atoms with Crippen molar-refractivity contribution in [3.63, 3.8) is 0 Å². The lowest BCUT2D eigenvalue weighted by atomic mass is 9.84. The maximum Gasteiger partial charge on any atom is 0.341 e. The van der Waals surface area contributed by atoms with Crippen LogP contribution >= 0.6 is 11.8 Å². The van der Waals surface area contributed by atoms with E-state index in [4.69, 9.17) is 4.42 Å². The van der Waals surface area contributed by atoms with Crippen LogP contribution in [0.1, 0.15) is 28.4 Å². The van der Waals surface area contributed by atoms with Crippen molar-refractivity contribution >= 4 is 34.2 Å². The Bertz CT molecular complexity index is 1360. The molecule has 0 spiro atoms. The van der Waals surface area contributed by atoms with Crippen molar-refractivity contribution in [2.75, 3.05) is 5.32 Å². The Morgan fingerprint density at radius 1 is 1.00 bits per heavy atom. The van der Waals surface area contributed by atoms with Gasteiger partial charge >= 0.3 is 5.63 Å². The Hall–Kier alpha value is -3.31. The van der Waals surface area contributed by atoms with E-state index in [-0.39, 0.29) is 5.78 Å². The van der Waals surface area contributed by atoms with Crippen LogP contribution < -0.4 is 10.9 Å². The number of Topliss-reactive ketones (excluding diaryl/α,β-unsaturated/α-hetero) is 1. The summed E-state index contributed by atoms with van der Waals surface area (Å²) in [6.07, 6.45) is 0. The number of fused-ring (bicyclic) bond motifs is 2. The van der Waals surface area contributed by atoms with Crippen molar-refractivity contribution in [2.24, 2.45) is 0 Å². The Balaban J connectivity index is 1.69. The number of ketones is 1. The molecule has 2 atom stereocenters. The summed E-state index contributed by atoms with van der Waals surface area (Å²) in [6.45, 7) is 3.90. The molecule has 0 saturated carbocycles. The summed E-state index contributed by atoms with van der Waals surface area (Å²) in [5, 5.41) is 3.78. The van der Waals surface area contributed by atoms with E-state index < -0.39 is 16.4 Å². The predicted octanol–water partition coefficient (Wildman–Crippen LogP) is 5.79. The molecule has 4 aromatic rings. The standard InChI is InChI=1S/C26H21NO3S/c1-16-11-13-17(14-12-16)23(28)24-26(2,27-20-8-4-6-10-22(20)31-24)19-15-18-7-3-5-9-21(18)30-25(19)29/h3-15,24,27H,1-2H3/t24-,26+/m0/s1. The molecule has 0 unspecified atom stereocenters. The van der Waals surface area contributed by atoms with Gasteiger partial charge in [0.1, 0.15) is 5.58 Å². The lowest BCUT2D eigenvalue weighted by Gasteiger charge is -2.42. The van der Waals surface area contributed by atoms with Crippen molar-refractivity contribution in [2.45, 2.75) is 29.5 Å². The van der Waals surface area contributed by atoms with E-state index in [1.54, 1.807) is 6.07 Å². The second kappa shape index (κ2) is 7.43. The number of hydrogen-bond donors (Lipinski definition) is 1. The molecule has 0 saturated heterocycles. The Labute approximate surface area is 184 Å². The summed E-state index contributed by atoms with van der Waals surface area (Å²) in [4.78, 5) is 27.7. The smallest absolute Gasteiger partial charge is 0.341 e. The molecule has 0 fully saturated rings. The van der Waals surface area contributed by atoms with E-state index in [1.165, 1.54) is 11.8 Å². The summed E-state index contributed by atoms with van der Waals surface area (Å²) in [5.74, 6) is -0.0259. The molecule has 4 nitrogen and oxygen atoms in total. The number of carbonyl (C=O) groups is 1. The van der Waals surface area contributed by atoms with E-state index >= 15 is 0 Å². The molecule has 0 amide bonds. The summed E-state index contributed by atoms with van der Waals surface area (Å²) in [6, 6.07) is 24.7. The third kappa shape index (κ3) is 3.35. The van der Waals surface area contributed by atoms with Gasteiger partial charge in [0.2, 0.25) is 0 Å². The first kappa shape index (κ1) is 19.6. The second-order valence-corrected chi connectivity index (χ2v) is 9.18. The minimum absolute atomic E-state index is 0.0259. The van der Waals surface area contributed by atoms with Crippen LogP contribution in [-0.4, -0.2) is 11.0 Å². The lowest BCUT2D eigenvalue weighted by Crippen LogP contribution is -2.50. The first-order chi connectivity index (χ1) is 15.0. The van der Waals surface area contributed by atoms with E-state index in [2.05, 4.69) is 5.32 Å². The predicted molar refractivity (Wildman–Crippen MR) is 125 cm³/mol. The average molecular weight is 428 g/mol. The molecule has 3 aromatic carbocycles. The molecule has 5 heteroatoms. The Kier molecular flexibility index (Phi) is 4.71. The van der Waals surface area contributed by atoms with E-state index in [1.807, 2.05) is 86.6 Å². The molecule has 0 bridgehead atoms. The van der Waals surface area contributed by atoms with Crippen LogP contribution in [0.2, 0.25) is 0 Å². The van der Waals surface area contributed by atoms with Gasteiger partial charge in [0, 0.05) is 21.5 Å². The minimum Gasteiger partial charge on any atom is -0.422 e. The Morgan fingerprint density at radius 2 is 1.71 bits per heavy atom. The van der Waals surface area contributed by atoms with E-state index in [9.17, 15) is 9.59 Å². The van der Waals surface area contributed by atoms with Crippen LogP contribution in [0.5, 0.6) is 0 Å². The van der Waals surface area contributed by atoms with Crippen molar-refractivity contribution in [1.29, 1.82) is 0 Å². The van der Waals surface area contributed by atoms with Gasteiger partial charge in [-0.3, -0.25) is 4.79 Å². The highest BCUT2D eigenvalue weighted by atomic mass is 32.2. The molecule has 31 heavy (non-hydrogen) atoms. The van der Waals surface area contributed by atoms with Crippen LogP contribution in [-0.2, 0) is 5.54 Å². The second-order valence-electron chi connectivity index (χ2n) is 8.04. The highest BCUT2D eigenvalue weighted by Crippen LogP contribution is 2.47. The molecule has 2 heterocycles. The number of nitrogens with one attached hydrogen (secondary N) is 1. The summed E-state index contributed by atoms with van der Waals surface area (Å²) < 4.78 is 5.63. The summed E-state index contributed by atoms with van der Waals surface area (Å²) in [7, 11) is 0. The van der Waals surface area contributed by atoms with Gasteiger partial charge < -0.3 is 9.73 Å². The normalized spacial score (nSPS) is 20.1. The number of rotatable bonds is 3. The molecule has 1 aromatic heterocycles. The fourth-order valence-electron chi connectivity index (χ4n) is 4.08. The van der Waals surface area contributed by atoms with Crippen molar-refractivity contribution in [3.8, 4) is 0 Å². The lowest BCUT2D eigenvalue weighted by molar-refractivity contribution is 0.0967. The van der Waals surface area contributed by atoms with Crippen LogP contribution in [0.3, 0.4) is 0 Å². The largest absolute Gasteiger partial charge is 0.422 e. The van der Waals surface area contributed by atoms with Crippen LogP contribution in [0.4, 0.5) is 5.69 Å². The molecule has 5 rings (SSSR count). The zero-order chi connectivity index (χ0) is 21.6. The van der Waals surface area contributed by atoms with Crippen LogP contribution in [0.25, 0.3) is 11.0 Å². The molecular weight excluding hydrogens is 406 g/mol. The third-order valence-corrected chi connectivity index (χ3v) is 7.36. The molecule has 1 aliphatic rings. The van der Waals surface area contributed by atoms with Gasteiger partial charge in [-0.1, -0.05) is 60.2 Å². The van der Waals surface area contributed by atoms with Gasteiger partial charge in [-0.15, -0.1) is 11.8 Å². The third-order valence-electron chi connectivity index (χ3n) is 5.83. The number of carbonyl (C=O) groups excluding carboxylic acids is 1. The van der Waals surface area contributed by atoms with E-state index in [0.29, 0.717) is 16.7 Å². The molecule has 0 aliphatic carbocycles. The topological polar surface area (TPSA) is 59.3 Å². The summed E-state index contributed by atoms with van der Waals surface area (Å²) >= 11 is 1.49. The average Bonchev–Trinajstić information content (AvgIpc) is 2.78. The quantitative estimate of drug-likeness (QED) is 0.331. The number of benzene rings is 3. The fourth-order valence-corrected chi connectivity index (χ4v) is 5.40. The highest BCUT2D eigenvalue weighted by Gasteiger charge is 2.47. The molecular formula is C26H21NO3S. The van der Waals surface area contributed by atoms with Crippen LogP contribution in [0.15, 0.2) is 93.0 Å². The van der Waals surface area contributed by atoms with Crippen molar-refractivity contribution < 1.29 is 9.21 Å². The van der Waals surface area contributed by atoms with Gasteiger partial charge in [-0.25, -0.2) is 4.79 Å². The zero-order valence-electron chi connectivity index (χ0n) is 17.2. The maximum absolute atomic E-state index is 13.7. The first-order valence-electron chi connectivity index (χ1n) is 10.1. The molecule has 1 aliphatic heterocycles. The summed E-state index contributed by atoms with van der Waals surface area (Å²) in [5.41, 5.74) is 2.20. The zero-order valence-corrected chi connectivity index (χ0v) is 18.0. The van der Waals surface area contributed by atoms with Gasteiger partial charge in [0.25, 0.3) is 0 Å². The molecule has 154 valence electrons. The van der Waals surface area contributed by atoms with Gasteiger partial charge in [0.15, 0.2) is 5.78 Å². The number of para-hydroxylation sites is 2. The SMILES string of the molecule is Cc1ccc(C(=O)[C@@H]2Sc3ccccc3N[C@]2(C)c2cc3ccccc3oc2=O)cc1. The number of thioether (sulfide) groups is 1. The van der Waals surface area contributed by atoms with Gasteiger partial charge in [-0.2, -0.15) is 0 Å². The number of hydrogen-bond acceptors (Lipinski definition) is 5. The van der Waals surface area contributed by atoms with Gasteiger partial charge in [-0.05, 0) is 38.1 Å². The number of aryl methyl sites for hydroxylation is 1. The maximum atomic E-state index is 13.7. The van der Waals surface area contributed by atoms with Crippen LogP contribution in [0, 0.1) is 6.92 Å². The monoisotopic (exact) mass is 427 g/mol.